The summed E-state index contributed by atoms with van der Waals surface area (Å²) in [5, 5.41) is 16.1. The normalized spacial score (nSPS) is 20.3. The molecule has 6 nitrogen and oxygen atoms in total. The van der Waals surface area contributed by atoms with Crippen molar-refractivity contribution in [2.75, 3.05) is 25.5 Å². The average Bonchev–Trinajstić information content (AvgIpc) is 3.14. The minimum absolute atomic E-state index is 0. The van der Waals surface area contributed by atoms with Gasteiger partial charge in [0.25, 0.3) is 0 Å². The third-order valence-corrected chi connectivity index (χ3v) is 6.13. The minimum Gasteiger partial charge on any atom is -0.497 e. The molecule has 2 fully saturated rings. The van der Waals surface area contributed by atoms with Crippen molar-refractivity contribution in [3.05, 3.63) is 34.8 Å². The van der Waals surface area contributed by atoms with Gasteiger partial charge in [0.15, 0.2) is 0 Å². The number of piperidine rings is 1. The number of benzene rings is 1. The molecule has 1 spiro atoms. The van der Waals surface area contributed by atoms with Gasteiger partial charge in [0, 0.05) is 12.3 Å². The molecule has 1 saturated heterocycles. The Morgan fingerprint density at radius 2 is 2.19 bits per heavy atom. The summed E-state index contributed by atoms with van der Waals surface area (Å²) in [5.74, 6) is 1.07. The summed E-state index contributed by atoms with van der Waals surface area (Å²) in [4.78, 5) is 12.5. The number of hydrogen-bond donors (Lipinski definition) is 2. The number of methoxy groups -OCH3 is 1. The second-order valence-corrected chi connectivity index (χ2v) is 7.95. The zero-order chi connectivity index (χ0) is 17.3. The summed E-state index contributed by atoms with van der Waals surface area (Å²) in [7, 11) is 1.66. The van der Waals surface area contributed by atoms with Gasteiger partial charge < -0.3 is 15.4 Å². The second-order valence-electron chi connectivity index (χ2n) is 6.89. The monoisotopic (exact) mass is 394 g/mol. The molecule has 1 aromatic carbocycles. The zero-order valence-corrected chi connectivity index (χ0v) is 16.3. The van der Waals surface area contributed by atoms with Crippen molar-refractivity contribution >= 4 is 34.8 Å². The molecule has 2 heterocycles. The van der Waals surface area contributed by atoms with Crippen molar-refractivity contribution in [3.63, 3.8) is 0 Å². The number of nitrogens with zero attached hydrogens (tertiary/aromatic N) is 2. The number of rotatable bonds is 5. The highest BCUT2D eigenvalue weighted by atomic mass is 35.5. The third-order valence-electron chi connectivity index (χ3n) is 5.29. The maximum Gasteiger partial charge on any atom is 0.229 e. The van der Waals surface area contributed by atoms with E-state index in [1.54, 1.807) is 7.11 Å². The third kappa shape index (κ3) is 4.00. The van der Waals surface area contributed by atoms with Gasteiger partial charge in [-0.2, -0.15) is 0 Å². The molecule has 1 aromatic heterocycles. The number of carbonyl (C=O) groups is 1. The van der Waals surface area contributed by atoms with Crippen LogP contribution in [0.4, 0.5) is 5.13 Å². The molecule has 1 amide bonds. The second kappa shape index (κ2) is 7.90. The van der Waals surface area contributed by atoms with Crippen LogP contribution in [0.15, 0.2) is 24.3 Å². The van der Waals surface area contributed by atoms with Gasteiger partial charge in [-0.3, -0.25) is 4.79 Å². The van der Waals surface area contributed by atoms with E-state index in [-0.39, 0.29) is 29.6 Å². The maximum atomic E-state index is 12.5. The van der Waals surface area contributed by atoms with Crippen molar-refractivity contribution in [1.29, 1.82) is 0 Å². The highest BCUT2D eigenvalue weighted by molar-refractivity contribution is 7.15. The van der Waals surface area contributed by atoms with Crippen LogP contribution in [-0.4, -0.2) is 36.3 Å². The van der Waals surface area contributed by atoms with Gasteiger partial charge in [0.1, 0.15) is 10.8 Å². The average molecular weight is 395 g/mol. The van der Waals surface area contributed by atoms with Gasteiger partial charge in [-0.15, -0.1) is 22.6 Å². The predicted molar refractivity (Wildman–Crippen MR) is 104 cm³/mol. The van der Waals surface area contributed by atoms with Gasteiger partial charge in [-0.05, 0) is 55.5 Å². The largest absolute Gasteiger partial charge is 0.497 e. The van der Waals surface area contributed by atoms with Crippen LogP contribution in [-0.2, 0) is 11.2 Å². The van der Waals surface area contributed by atoms with Crippen molar-refractivity contribution < 1.29 is 9.53 Å². The number of anilines is 1. The standard InChI is InChI=1S/C18H22N4O2S.ClH/c1-24-13-4-2-3-12(9-13)10-15-21-22-17(25-15)20-16(23)14-11-18(14)5-7-19-8-6-18;/h2-4,9,14,19H,5-8,10-11H2,1H3,(H,20,22,23);1H. The first-order valence-electron chi connectivity index (χ1n) is 8.65. The Bertz CT molecular complexity index is 776. The fourth-order valence-electron chi connectivity index (χ4n) is 3.72. The first-order valence-corrected chi connectivity index (χ1v) is 9.47. The molecule has 2 N–H and O–H groups in total. The van der Waals surface area contributed by atoms with Gasteiger partial charge in [-0.1, -0.05) is 23.5 Å². The summed E-state index contributed by atoms with van der Waals surface area (Å²) in [6, 6.07) is 7.91. The van der Waals surface area contributed by atoms with E-state index in [2.05, 4.69) is 20.8 Å². The molecule has 1 atom stereocenters. The molecule has 0 bridgehead atoms. The number of aromatic nitrogens is 2. The number of amides is 1. The molecule has 8 heteroatoms. The van der Waals surface area contributed by atoms with Crippen LogP contribution in [0.3, 0.4) is 0 Å². The van der Waals surface area contributed by atoms with E-state index in [4.69, 9.17) is 4.74 Å². The van der Waals surface area contributed by atoms with Gasteiger partial charge in [0.2, 0.25) is 11.0 Å². The molecule has 1 saturated carbocycles. The molecular weight excluding hydrogens is 372 g/mol. The van der Waals surface area contributed by atoms with Gasteiger partial charge in [-0.25, -0.2) is 0 Å². The predicted octanol–water partition coefficient (Wildman–Crippen LogP) is 2.89. The van der Waals surface area contributed by atoms with Crippen LogP contribution in [0.2, 0.25) is 0 Å². The molecule has 1 aliphatic heterocycles. The van der Waals surface area contributed by atoms with Crippen molar-refractivity contribution in [1.82, 2.24) is 15.5 Å². The van der Waals surface area contributed by atoms with E-state index in [1.807, 2.05) is 24.3 Å². The minimum atomic E-state index is 0. The van der Waals surface area contributed by atoms with Crippen LogP contribution < -0.4 is 15.4 Å². The van der Waals surface area contributed by atoms with Crippen LogP contribution in [0.5, 0.6) is 5.75 Å². The number of nitrogens with one attached hydrogen (secondary N) is 2. The molecule has 0 radical (unpaired) electrons. The Morgan fingerprint density at radius 3 is 2.96 bits per heavy atom. The molecule has 2 aromatic rings. The SMILES string of the molecule is COc1cccc(Cc2nnc(NC(=O)C3CC34CCNCC4)s2)c1.Cl. The molecular formula is C18H23ClN4O2S. The van der Waals surface area contributed by atoms with Crippen molar-refractivity contribution in [3.8, 4) is 5.75 Å². The first kappa shape index (κ1) is 19.1. The maximum absolute atomic E-state index is 12.5. The van der Waals surface area contributed by atoms with E-state index in [9.17, 15) is 4.79 Å². The van der Waals surface area contributed by atoms with E-state index in [0.717, 1.165) is 48.7 Å². The van der Waals surface area contributed by atoms with Crippen LogP contribution in [0.25, 0.3) is 0 Å². The lowest BCUT2D eigenvalue weighted by Gasteiger charge is -2.22. The van der Waals surface area contributed by atoms with E-state index >= 15 is 0 Å². The van der Waals surface area contributed by atoms with Crippen LogP contribution in [0.1, 0.15) is 29.8 Å². The summed E-state index contributed by atoms with van der Waals surface area (Å²) in [5.41, 5.74) is 1.35. The molecule has 1 unspecified atom stereocenters. The van der Waals surface area contributed by atoms with E-state index in [0.29, 0.717) is 11.6 Å². The fraction of sp³-hybridized carbons (Fsp3) is 0.500. The number of ether oxygens (including phenoxy) is 1. The Balaban J connectivity index is 0.00000196. The summed E-state index contributed by atoms with van der Waals surface area (Å²) in [6.07, 6.45) is 3.89. The molecule has 2 aliphatic rings. The molecule has 26 heavy (non-hydrogen) atoms. The quantitative estimate of drug-likeness (QED) is 0.815. The highest BCUT2D eigenvalue weighted by Crippen LogP contribution is 2.58. The Hall–Kier alpha value is -1.70. The summed E-state index contributed by atoms with van der Waals surface area (Å²) < 4.78 is 5.24. The summed E-state index contributed by atoms with van der Waals surface area (Å²) in [6.45, 7) is 2.04. The Labute approximate surface area is 163 Å². The fourth-order valence-corrected chi connectivity index (χ4v) is 4.50. The molecule has 1 aliphatic carbocycles. The molecule has 4 rings (SSSR count). The number of carbonyl (C=O) groups excluding carboxylic acids is 1. The van der Waals surface area contributed by atoms with Crippen molar-refractivity contribution in [2.24, 2.45) is 11.3 Å². The Morgan fingerprint density at radius 1 is 1.38 bits per heavy atom. The number of hydrogen-bond acceptors (Lipinski definition) is 6. The zero-order valence-electron chi connectivity index (χ0n) is 14.7. The van der Waals surface area contributed by atoms with Gasteiger partial charge in [0.05, 0.1) is 7.11 Å². The first-order chi connectivity index (χ1) is 12.2. The van der Waals surface area contributed by atoms with Crippen molar-refractivity contribution in [2.45, 2.75) is 25.7 Å². The number of halogens is 1. The van der Waals surface area contributed by atoms with E-state index < -0.39 is 0 Å². The molecule has 140 valence electrons. The topological polar surface area (TPSA) is 76.1 Å². The smallest absolute Gasteiger partial charge is 0.229 e. The van der Waals surface area contributed by atoms with Gasteiger partial charge >= 0.3 is 0 Å². The van der Waals surface area contributed by atoms with E-state index in [1.165, 1.54) is 11.3 Å². The van der Waals surface area contributed by atoms with Crippen LogP contribution >= 0.6 is 23.7 Å². The lowest BCUT2D eigenvalue weighted by molar-refractivity contribution is -0.118. The highest BCUT2D eigenvalue weighted by Gasteiger charge is 2.57. The lowest BCUT2D eigenvalue weighted by Crippen LogP contribution is -2.31. The Kier molecular flexibility index (Phi) is 5.79. The van der Waals surface area contributed by atoms with Crippen LogP contribution in [0, 0.1) is 11.3 Å². The lowest BCUT2D eigenvalue weighted by atomic mass is 9.92. The summed E-state index contributed by atoms with van der Waals surface area (Å²) >= 11 is 1.44.